The van der Waals surface area contributed by atoms with E-state index in [-0.39, 0.29) is 6.10 Å². The van der Waals surface area contributed by atoms with E-state index in [1.165, 1.54) is 43.5 Å². The molecule has 1 aromatic rings. The molecule has 1 fully saturated rings. The Bertz CT molecular complexity index is 431. The van der Waals surface area contributed by atoms with Crippen LogP contribution in [0.5, 0.6) is 0 Å². The van der Waals surface area contributed by atoms with Crippen LogP contribution >= 0.6 is 0 Å². The highest BCUT2D eigenvalue weighted by Crippen LogP contribution is 2.34. The van der Waals surface area contributed by atoms with Crippen LogP contribution in [-0.4, -0.2) is 29.1 Å². The summed E-state index contributed by atoms with van der Waals surface area (Å²) in [5.41, 5.74) is 2.52. The molecule has 1 heterocycles. The van der Waals surface area contributed by atoms with E-state index in [4.69, 9.17) is 0 Å². The summed E-state index contributed by atoms with van der Waals surface area (Å²) in [4.78, 5) is 2.54. The third kappa shape index (κ3) is 2.56. The molecule has 2 heteroatoms. The molecule has 3 atom stereocenters. The average molecular weight is 259 g/mol. The smallest absolute Gasteiger partial charge is 0.0947 e. The lowest BCUT2D eigenvalue weighted by Crippen LogP contribution is -2.37. The van der Waals surface area contributed by atoms with E-state index in [0.29, 0.717) is 6.04 Å². The molecular weight excluding hydrogens is 234 g/mol. The highest BCUT2D eigenvalue weighted by Gasteiger charge is 2.34. The zero-order chi connectivity index (χ0) is 13.2. The van der Waals surface area contributed by atoms with Gasteiger partial charge in [0.1, 0.15) is 0 Å². The largest absolute Gasteiger partial charge is 0.387 e. The molecule has 1 aliphatic carbocycles. The number of aliphatic hydroxyl groups is 1. The van der Waals surface area contributed by atoms with Crippen molar-refractivity contribution in [2.75, 3.05) is 13.1 Å². The van der Waals surface area contributed by atoms with E-state index in [1.807, 2.05) is 0 Å². The minimum absolute atomic E-state index is 0.297. The number of benzene rings is 1. The highest BCUT2D eigenvalue weighted by atomic mass is 16.3. The van der Waals surface area contributed by atoms with Gasteiger partial charge < -0.3 is 5.11 Å². The second-order valence-electron chi connectivity index (χ2n) is 6.16. The number of nitrogens with zero attached hydrogens (tertiary/aromatic N) is 1. The van der Waals surface area contributed by atoms with Gasteiger partial charge in [-0.2, -0.15) is 0 Å². The van der Waals surface area contributed by atoms with Crippen molar-refractivity contribution in [2.24, 2.45) is 5.92 Å². The molecule has 0 radical (unpaired) electrons. The molecular formula is C17H25NO. The Balaban J connectivity index is 1.80. The maximum absolute atomic E-state index is 10.8. The zero-order valence-electron chi connectivity index (χ0n) is 11.9. The summed E-state index contributed by atoms with van der Waals surface area (Å²) in [7, 11) is 0. The first-order chi connectivity index (χ1) is 9.29. The number of hydrogen-bond donors (Lipinski definition) is 1. The molecule has 0 spiro atoms. The average Bonchev–Trinajstić information content (AvgIpc) is 2.85. The van der Waals surface area contributed by atoms with Gasteiger partial charge in [0.2, 0.25) is 0 Å². The van der Waals surface area contributed by atoms with Crippen LogP contribution in [-0.2, 0) is 6.42 Å². The zero-order valence-corrected chi connectivity index (χ0v) is 11.9. The van der Waals surface area contributed by atoms with E-state index in [9.17, 15) is 5.11 Å². The Morgan fingerprint density at radius 3 is 2.89 bits per heavy atom. The van der Waals surface area contributed by atoms with Gasteiger partial charge in [0.25, 0.3) is 0 Å². The quantitative estimate of drug-likeness (QED) is 0.825. The van der Waals surface area contributed by atoms with Gasteiger partial charge >= 0.3 is 0 Å². The maximum atomic E-state index is 10.8. The minimum Gasteiger partial charge on any atom is -0.387 e. The Kier molecular flexibility index (Phi) is 3.90. The number of aryl methyl sites for hydroxylation is 1. The summed E-state index contributed by atoms with van der Waals surface area (Å²) < 4.78 is 0. The molecule has 0 bridgehead atoms. The van der Waals surface area contributed by atoms with Gasteiger partial charge in [0.05, 0.1) is 6.10 Å². The molecule has 3 rings (SSSR count). The fraction of sp³-hybridized carbons (Fsp3) is 0.647. The number of hydrogen-bond acceptors (Lipinski definition) is 2. The standard InChI is InChI=1S/C17H25NO/c1-2-13-10-11-18(12-13)16-9-5-7-14-6-3-4-8-15(14)17(16)19/h3-4,6,8,13,16-17,19H,2,5,7,9-12H2,1H3. The first-order valence-electron chi connectivity index (χ1n) is 7.79. The molecule has 19 heavy (non-hydrogen) atoms. The van der Waals surface area contributed by atoms with E-state index in [1.54, 1.807) is 0 Å². The van der Waals surface area contributed by atoms with Crippen molar-refractivity contribution in [3.63, 3.8) is 0 Å². The molecule has 1 saturated heterocycles. The van der Waals surface area contributed by atoms with Crippen molar-refractivity contribution in [2.45, 2.75) is 51.2 Å². The van der Waals surface area contributed by atoms with Crippen molar-refractivity contribution >= 4 is 0 Å². The molecule has 0 amide bonds. The summed E-state index contributed by atoms with van der Waals surface area (Å²) in [6, 6.07) is 8.78. The van der Waals surface area contributed by atoms with Crippen LogP contribution in [0.3, 0.4) is 0 Å². The third-order valence-electron chi connectivity index (χ3n) is 5.05. The van der Waals surface area contributed by atoms with Crippen LogP contribution in [0, 0.1) is 5.92 Å². The SMILES string of the molecule is CCC1CCN(C2CCCc3ccccc3C2O)C1. The fourth-order valence-corrected chi connectivity index (χ4v) is 3.80. The second-order valence-corrected chi connectivity index (χ2v) is 6.16. The van der Waals surface area contributed by atoms with Crippen LogP contribution in [0.25, 0.3) is 0 Å². The van der Waals surface area contributed by atoms with Gasteiger partial charge in [-0.25, -0.2) is 0 Å². The molecule has 2 nitrogen and oxygen atoms in total. The lowest BCUT2D eigenvalue weighted by Gasteiger charge is -2.31. The normalized spacial score (nSPS) is 32.0. The summed E-state index contributed by atoms with van der Waals surface area (Å²) in [5.74, 6) is 0.839. The first kappa shape index (κ1) is 13.1. The number of rotatable bonds is 2. The molecule has 1 N–H and O–H groups in total. The molecule has 1 aliphatic heterocycles. The number of fused-ring (bicyclic) bond motifs is 1. The predicted molar refractivity (Wildman–Crippen MR) is 78.1 cm³/mol. The monoisotopic (exact) mass is 259 g/mol. The molecule has 0 saturated carbocycles. The van der Waals surface area contributed by atoms with Gasteiger partial charge in [0, 0.05) is 12.6 Å². The molecule has 1 aromatic carbocycles. The lowest BCUT2D eigenvalue weighted by atomic mass is 9.98. The van der Waals surface area contributed by atoms with Crippen molar-refractivity contribution in [3.05, 3.63) is 35.4 Å². The highest BCUT2D eigenvalue weighted by molar-refractivity contribution is 5.31. The predicted octanol–water partition coefficient (Wildman–Crippen LogP) is 3.16. The Morgan fingerprint density at radius 2 is 2.11 bits per heavy atom. The van der Waals surface area contributed by atoms with Crippen LogP contribution in [0.1, 0.15) is 49.8 Å². The lowest BCUT2D eigenvalue weighted by molar-refractivity contribution is 0.0560. The van der Waals surface area contributed by atoms with Crippen molar-refractivity contribution in [1.29, 1.82) is 0 Å². The summed E-state index contributed by atoms with van der Waals surface area (Å²) in [5, 5.41) is 10.8. The van der Waals surface area contributed by atoms with Crippen LogP contribution in [0.15, 0.2) is 24.3 Å². The first-order valence-corrected chi connectivity index (χ1v) is 7.79. The molecule has 104 valence electrons. The Labute approximate surface area is 116 Å². The minimum atomic E-state index is -0.297. The van der Waals surface area contributed by atoms with Crippen LogP contribution < -0.4 is 0 Å². The van der Waals surface area contributed by atoms with E-state index in [2.05, 4.69) is 36.1 Å². The van der Waals surface area contributed by atoms with Crippen LogP contribution in [0.2, 0.25) is 0 Å². The van der Waals surface area contributed by atoms with Crippen molar-refractivity contribution < 1.29 is 5.11 Å². The number of aliphatic hydroxyl groups excluding tert-OH is 1. The summed E-state index contributed by atoms with van der Waals surface area (Å²) >= 11 is 0. The Hall–Kier alpha value is -0.860. The summed E-state index contributed by atoms with van der Waals surface area (Å²) in [6.07, 6.45) is 5.74. The third-order valence-corrected chi connectivity index (χ3v) is 5.05. The van der Waals surface area contributed by atoms with Crippen molar-refractivity contribution in [1.82, 2.24) is 4.90 Å². The van der Waals surface area contributed by atoms with E-state index < -0.39 is 0 Å². The fourth-order valence-electron chi connectivity index (χ4n) is 3.80. The molecule has 2 aliphatic rings. The van der Waals surface area contributed by atoms with Gasteiger partial charge in [-0.1, -0.05) is 37.6 Å². The van der Waals surface area contributed by atoms with Gasteiger partial charge in [-0.15, -0.1) is 0 Å². The van der Waals surface area contributed by atoms with E-state index >= 15 is 0 Å². The summed E-state index contributed by atoms with van der Waals surface area (Å²) in [6.45, 7) is 4.63. The maximum Gasteiger partial charge on any atom is 0.0947 e. The second kappa shape index (κ2) is 5.64. The Morgan fingerprint density at radius 1 is 1.26 bits per heavy atom. The molecule has 3 unspecified atom stereocenters. The van der Waals surface area contributed by atoms with E-state index in [0.717, 1.165) is 18.8 Å². The van der Waals surface area contributed by atoms with Gasteiger partial charge in [0.15, 0.2) is 0 Å². The topological polar surface area (TPSA) is 23.5 Å². The van der Waals surface area contributed by atoms with Crippen LogP contribution in [0.4, 0.5) is 0 Å². The van der Waals surface area contributed by atoms with Gasteiger partial charge in [-0.3, -0.25) is 4.90 Å². The van der Waals surface area contributed by atoms with Crippen molar-refractivity contribution in [3.8, 4) is 0 Å². The molecule has 0 aromatic heterocycles. The number of likely N-dealkylation sites (tertiary alicyclic amines) is 1. The van der Waals surface area contributed by atoms with Gasteiger partial charge in [-0.05, 0) is 49.3 Å².